The number of nitrogen functional groups attached to an aromatic ring is 1. The third-order valence-corrected chi connectivity index (χ3v) is 4.41. The highest BCUT2D eigenvalue weighted by Crippen LogP contribution is 2.32. The van der Waals surface area contributed by atoms with Crippen molar-refractivity contribution in [3.63, 3.8) is 0 Å². The zero-order chi connectivity index (χ0) is 14.8. The summed E-state index contributed by atoms with van der Waals surface area (Å²) in [6.07, 6.45) is 2.51. The van der Waals surface area contributed by atoms with Gasteiger partial charge in [0, 0.05) is 34.9 Å². The number of halogens is 2. The van der Waals surface area contributed by atoms with Gasteiger partial charge in [-0.05, 0) is 54.3 Å². The van der Waals surface area contributed by atoms with Crippen LogP contribution in [0.5, 0.6) is 0 Å². The molecule has 1 fully saturated rings. The van der Waals surface area contributed by atoms with Gasteiger partial charge in [0.1, 0.15) is 0 Å². The Labute approximate surface area is 135 Å². The Morgan fingerprint density at radius 3 is 2.38 bits per heavy atom. The molecule has 2 aromatic carbocycles. The molecule has 110 valence electrons. The molecule has 1 aliphatic rings. The van der Waals surface area contributed by atoms with Crippen molar-refractivity contribution in [3.05, 3.63) is 63.6 Å². The Morgan fingerprint density at radius 2 is 1.71 bits per heavy atom. The second-order valence-electron chi connectivity index (χ2n) is 5.61. The molecule has 0 aliphatic heterocycles. The molecule has 2 nitrogen and oxygen atoms in total. The first-order chi connectivity index (χ1) is 10.1. The zero-order valence-electron chi connectivity index (χ0n) is 11.7. The molecule has 0 unspecified atom stereocenters. The summed E-state index contributed by atoms with van der Waals surface area (Å²) in [6.45, 7) is 1.74. The van der Waals surface area contributed by atoms with Crippen LogP contribution in [-0.4, -0.2) is 10.9 Å². The van der Waals surface area contributed by atoms with Crippen molar-refractivity contribution in [3.8, 4) is 0 Å². The van der Waals surface area contributed by atoms with Gasteiger partial charge in [0.25, 0.3) is 0 Å². The number of rotatable bonds is 5. The second-order valence-corrected chi connectivity index (χ2v) is 6.46. The minimum Gasteiger partial charge on any atom is -0.399 e. The van der Waals surface area contributed by atoms with E-state index in [-0.39, 0.29) is 0 Å². The molecule has 21 heavy (non-hydrogen) atoms. The summed E-state index contributed by atoms with van der Waals surface area (Å²) in [5.41, 5.74) is 8.91. The minimum absolute atomic E-state index is 0.651. The third kappa shape index (κ3) is 3.91. The first-order valence-electron chi connectivity index (χ1n) is 7.14. The summed E-state index contributed by atoms with van der Waals surface area (Å²) >= 11 is 12.4. The van der Waals surface area contributed by atoms with Crippen LogP contribution in [-0.2, 0) is 13.1 Å². The maximum Gasteiger partial charge on any atom is 0.0452 e. The molecule has 4 heteroatoms. The Kier molecular flexibility index (Phi) is 4.39. The molecule has 0 heterocycles. The van der Waals surface area contributed by atoms with Crippen LogP contribution in [0, 0.1) is 0 Å². The van der Waals surface area contributed by atoms with Crippen molar-refractivity contribution in [1.29, 1.82) is 0 Å². The summed E-state index contributed by atoms with van der Waals surface area (Å²) in [7, 11) is 0. The molecule has 0 aromatic heterocycles. The van der Waals surface area contributed by atoms with Crippen LogP contribution in [0.1, 0.15) is 24.0 Å². The lowest BCUT2D eigenvalue weighted by molar-refractivity contribution is 0.246. The minimum atomic E-state index is 0.651. The normalized spacial score (nSPS) is 14.6. The Hall–Kier alpha value is -1.22. The average Bonchev–Trinajstić information content (AvgIpc) is 3.29. The predicted octanol–water partition coefficient (Wildman–Crippen LogP) is 4.74. The molecular weight excluding hydrogens is 303 g/mol. The van der Waals surface area contributed by atoms with Crippen molar-refractivity contribution in [2.45, 2.75) is 32.0 Å². The van der Waals surface area contributed by atoms with Crippen LogP contribution in [0.15, 0.2) is 42.5 Å². The molecule has 0 atom stereocenters. The number of nitrogens with zero attached hydrogens (tertiary/aromatic N) is 1. The maximum absolute atomic E-state index is 6.29. The third-order valence-electron chi connectivity index (χ3n) is 3.81. The fraction of sp³-hybridized carbons (Fsp3) is 0.294. The van der Waals surface area contributed by atoms with Crippen LogP contribution in [0.2, 0.25) is 10.0 Å². The van der Waals surface area contributed by atoms with E-state index < -0.39 is 0 Å². The van der Waals surface area contributed by atoms with E-state index in [2.05, 4.69) is 17.0 Å². The van der Waals surface area contributed by atoms with E-state index in [1.165, 1.54) is 18.4 Å². The van der Waals surface area contributed by atoms with Gasteiger partial charge in [-0.2, -0.15) is 0 Å². The van der Waals surface area contributed by atoms with E-state index in [4.69, 9.17) is 28.9 Å². The summed E-state index contributed by atoms with van der Waals surface area (Å²) < 4.78 is 0. The summed E-state index contributed by atoms with van der Waals surface area (Å²) in [5.74, 6) is 0. The molecular formula is C17H18Cl2N2. The molecule has 0 saturated heterocycles. The molecule has 1 saturated carbocycles. The SMILES string of the molecule is Nc1ccc(CN(Cc2cc(Cl)ccc2Cl)C2CC2)cc1. The lowest BCUT2D eigenvalue weighted by atomic mass is 10.1. The van der Waals surface area contributed by atoms with Crippen molar-refractivity contribution in [2.24, 2.45) is 0 Å². The van der Waals surface area contributed by atoms with Crippen LogP contribution >= 0.6 is 23.2 Å². The van der Waals surface area contributed by atoms with Gasteiger partial charge < -0.3 is 5.73 Å². The topological polar surface area (TPSA) is 29.3 Å². The largest absolute Gasteiger partial charge is 0.399 e. The fourth-order valence-corrected chi connectivity index (χ4v) is 2.87. The van der Waals surface area contributed by atoms with Crippen molar-refractivity contribution in [1.82, 2.24) is 4.90 Å². The van der Waals surface area contributed by atoms with Gasteiger partial charge in [0.15, 0.2) is 0 Å². The van der Waals surface area contributed by atoms with E-state index in [1.807, 2.05) is 30.3 Å². The lowest BCUT2D eigenvalue weighted by Gasteiger charge is -2.23. The highest BCUT2D eigenvalue weighted by Gasteiger charge is 2.29. The van der Waals surface area contributed by atoms with Crippen LogP contribution in [0.4, 0.5) is 5.69 Å². The quantitative estimate of drug-likeness (QED) is 0.806. The monoisotopic (exact) mass is 320 g/mol. The predicted molar refractivity (Wildman–Crippen MR) is 89.6 cm³/mol. The van der Waals surface area contributed by atoms with Crippen molar-refractivity contribution in [2.75, 3.05) is 5.73 Å². The standard InChI is InChI=1S/C17H18Cl2N2/c18-14-3-8-17(19)13(9-14)11-21(16-6-7-16)10-12-1-4-15(20)5-2-12/h1-5,8-9,16H,6-7,10-11,20H2. The summed E-state index contributed by atoms with van der Waals surface area (Å²) in [4.78, 5) is 2.46. The Bertz CT molecular complexity index is 621. The molecule has 0 radical (unpaired) electrons. The van der Waals surface area contributed by atoms with Gasteiger partial charge in [-0.25, -0.2) is 0 Å². The van der Waals surface area contributed by atoms with Gasteiger partial charge in [-0.1, -0.05) is 35.3 Å². The van der Waals surface area contributed by atoms with Crippen LogP contribution in [0.3, 0.4) is 0 Å². The zero-order valence-corrected chi connectivity index (χ0v) is 13.2. The van der Waals surface area contributed by atoms with Gasteiger partial charge in [-0.15, -0.1) is 0 Å². The van der Waals surface area contributed by atoms with E-state index in [0.29, 0.717) is 6.04 Å². The van der Waals surface area contributed by atoms with Gasteiger partial charge in [0.2, 0.25) is 0 Å². The summed E-state index contributed by atoms with van der Waals surface area (Å²) in [6, 6.07) is 14.4. The molecule has 3 rings (SSSR count). The first-order valence-corrected chi connectivity index (χ1v) is 7.90. The average molecular weight is 321 g/mol. The molecule has 1 aliphatic carbocycles. The molecule has 2 aromatic rings. The number of hydrogen-bond acceptors (Lipinski definition) is 2. The lowest BCUT2D eigenvalue weighted by Crippen LogP contribution is -2.25. The fourth-order valence-electron chi connectivity index (χ4n) is 2.49. The number of benzene rings is 2. The smallest absolute Gasteiger partial charge is 0.0452 e. The number of nitrogens with two attached hydrogens (primary N) is 1. The summed E-state index contributed by atoms with van der Waals surface area (Å²) in [5, 5.41) is 1.51. The van der Waals surface area contributed by atoms with E-state index in [1.54, 1.807) is 0 Å². The second kappa shape index (κ2) is 6.27. The maximum atomic E-state index is 6.29. The highest BCUT2D eigenvalue weighted by molar-refractivity contribution is 6.33. The number of hydrogen-bond donors (Lipinski definition) is 1. The van der Waals surface area contributed by atoms with E-state index >= 15 is 0 Å². The van der Waals surface area contributed by atoms with E-state index in [0.717, 1.165) is 34.4 Å². The van der Waals surface area contributed by atoms with E-state index in [9.17, 15) is 0 Å². The molecule has 0 amide bonds. The molecule has 2 N–H and O–H groups in total. The highest BCUT2D eigenvalue weighted by atomic mass is 35.5. The number of anilines is 1. The van der Waals surface area contributed by atoms with Gasteiger partial charge in [-0.3, -0.25) is 4.90 Å². The molecule has 0 bridgehead atoms. The van der Waals surface area contributed by atoms with Gasteiger partial charge >= 0.3 is 0 Å². The first kappa shape index (κ1) is 14.7. The van der Waals surface area contributed by atoms with Crippen LogP contribution < -0.4 is 5.73 Å². The Morgan fingerprint density at radius 1 is 1.00 bits per heavy atom. The van der Waals surface area contributed by atoms with Crippen LogP contribution in [0.25, 0.3) is 0 Å². The van der Waals surface area contributed by atoms with Crippen molar-refractivity contribution >= 4 is 28.9 Å². The van der Waals surface area contributed by atoms with Crippen molar-refractivity contribution < 1.29 is 0 Å². The Balaban J connectivity index is 1.75. The molecule has 0 spiro atoms. The van der Waals surface area contributed by atoms with Gasteiger partial charge in [0.05, 0.1) is 0 Å².